The summed E-state index contributed by atoms with van der Waals surface area (Å²) in [7, 11) is 0. The van der Waals surface area contributed by atoms with Crippen molar-refractivity contribution in [2.45, 2.75) is 131 Å². The summed E-state index contributed by atoms with van der Waals surface area (Å²) < 4.78 is 23.3. The normalized spacial score (nSPS) is 44.4. The van der Waals surface area contributed by atoms with Crippen molar-refractivity contribution in [1.29, 1.82) is 0 Å². The van der Waals surface area contributed by atoms with Crippen LogP contribution in [0.4, 0.5) is 0 Å². The Morgan fingerprint density at radius 1 is 0.979 bits per heavy atom. The third-order valence-corrected chi connectivity index (χ3v) is 12.6. The molecule has 0 bridgehead atoms. The van der Waals surface area contributed by atoms with Gasteiger partial charge in [-0.25, -0.2) is 0 Å². The predicted molar refractivity (Wildman–Crippen MR) is 168 cm³/mol. The Morgan fingerprint density at radius 2 is 1.62 bits per heavy atom. The number of fused-ring (bicyclic) bond motifs is 5. The van der Waals surface area contributed by atoms with Gasteiger partial charge in [0.15, 0.2) is 11.9 Å². The van der Waals surface area contributed by atoms with Crippen molar-refractivity contribution >= 4 is 23.7 Å². The second-order valence-corrected chi connectivity index (χ2v) is 16.4. The molecule has 4 aliphatic carbocycles. The van der Waals surface area contributed by atoms with E-state index < -0.39 is 99.7 Å². The molecule has 3 fully saturated rings. The Labute approximate surface area is 277 Å². The molecular formula is C36H52O11. The molecule has 262 valence electrons. The summed E-state index contributed by atoms with van der Waals surface area (Å²) in [5.74, 6) is -3.59. The molecule has 5 rings (SSSR count). The number of carbonyl (C=O) groups is 4. The van der Waals surface area contributed by atoms with Crippen LogP contribution in [-0.4, -0.2) is 81.4 Å². The molecule has 3 N–H and O–H groups in total. The zero-order chi connectivity index (χ0) is 35.2. The number of rotatable bonds is 6. The molecule has 2 saturated carbocycles. The number of ketones is 1. The Kier molecular flexibility index (Phi) is 8.73. The molecule has 0 aromatic heterocycles. The van der Waals surface area contributed by atoms with E-state index in [2.05, 4.69) is 6.08 Å². The molecule has 13 atom stereocenters. The topological polar surface area (TPSA) is 166 Å². The van der Waals surface area contributed by atoms with Gasteiger partial charge in [-0.2, -0.15) is 0 Å². The maximum Gasteiger partial charge on any atom is 0.304 e. The minimum Gasteiger partial charge on any atom is -0.456 e. The largest absolute Gasteiger partial charge is 0.456 e. The third-order valence-electron chi connectivity index (χ3n) is 12.6. The molecule has 0 amide bonds. The van der Waals surface area contributed by atoms with Crippen molar-refractivity contribution in [3.05, 3.63) is 23.8 Å². The highest BCUT2D eigenvalue weighted by Crippen LogP contribution is 2.72. The fourth-order valence-corrected chi connectivity index (χ4v) is 11.1. The number of allylic oxidation sites excluding steroid dienone is 3. The van der Waals surface area contributed by atoms with Gasteiger partial charge in [0.25, 0.3) is 0 Å². The van der Waals surface area contributed by atoms with Crippen LogP contribution in [0.5, 0.6) is 0 Å². The van der Waals surface area contributed by atoms with E-state index in [1.165, 1.54) is 20.8 Å². The first kappa shape index (κ1) is 35.7. The summed E-state index contributed by atoms with van der Waals surface area (Å²) in [6.07, 6.45) is 0.400. The molecule has 5 aliphatic rings. The molecular weight excluding hydrogens is 608 g/mol. The number of aliphatic hydroxyl groups excluding tert-OH is 3. The first-order valence-corrected chi connectivity index (χ1v) is 16.7. The maximum absolute atomic E-state index is 13.0. The minimum atomic E-state index is -1.27. The monoisotopic (exact) mass is 660 g/mol. The van der Waals surface area contributed by atoms with Crippen LogP contribution in [0.1, 0.15) is 88.5 Å². The second-order valence-electron chi connectivity index (χ2n) is 16.4. The fourth-order valence-electron chi connectivity index (χ4n) is 11.1. The van der Waals surface area contributed by atoms with Crippen molar-refractivity contribution in [2.24, 2.45) is 45.3 Å². The van der Waals surface area contributed by atoms with Gasteiger partial charge in [0, 0.05) is 49.4 Å². The van der Waals surface area contributed by atoms with Crippen LogP contribution in [0.3, 0.4) is 0 Å². The van der Waals surface area contributed by atoms with E-state index in [0.717, 1.165) is 5.57 Å². The van der Waals surface area contributed by atoms with Crippen LogP contribution >= 0.6 is 0 Å². The van der Waals surface area contributed by atoms with Crippen molar-refractivity contribution in [1.82, 2.24) is 0 Å². The summed E-state index contributed by atoms with van der Waals surface area (Å²) in [6.45, 7) is 16.6. The number of ether oxygens (including phenoxy) is 4. The Bertz CT molecular complexity index is 1400. The van der Waals surface area contributed by atoms with Crippen molar-refractivity contribution < 1.29 is 53.4 Å². The average Bonchev–Trinajstić information content (AvgIpc) is 3.47. The van der Waals surface area contributed by atoms with Gasteiger partial charge in [-0.15, -0.1) is 0 Å². The molecule has 0 aromatic carbocycles. The summed E-state index contributed by atoms with van der Waals surface area (Å²) in [5, 5.41) is 36.0. The summed E-state index contributed by atoms with van der Waals surface area (Å²) in [5.41, 5.74) is -3.86. The lowest BCUT2D eigenvalue weighted by Crippen LogP contribution is -2.72. The third kappa shape index (κ3) is 5.31. The summed E-state index contributed by atoms with van der Waals surface area (Å²) >= 11 is 0. The standard InChI is InChI=1S/C36H52O11/c1-17(37)44-30(33(6,7)47-19(3)39)23-15-20(31(46-23)45-18(2)38)21-11-12-24-35(21,9)16-22(40)27-34(8)14-13-25(41)32(4,5)28(34)26(42)29(43)36(24,27)10/h12-14,20-23,26-31,40,42-43H,11,15-16H2,1-10H3/t20-,21-,22+,23+,26+,27+,28-,29+,30-,31-,34+,35-,36-/m0/s1. The zero-order valence-electron chi connectivity index (χ0n) is 29.2. The van der Waals surface area contributed by atoms with Gasteiger partial charge in [0.2, 0.25) is 6.29 Å². The number of esters is 3. The molecule has 0 aromatic rings. The molecule has 11 nitrogen and oxygen atoms in total. The molecule has 0 radical (unpaired) electrons. The van der Waals surface area contributed by atoms with Crippen LogP contribution in [-0.2, 0) is 38.1 Å². The van der Waals surface area contributed by atoms with E-state index in [1.807, 2.05) is 26.8 Å². The minimum absolute atomic E-state index is 0.124. The zero-order valence-corrected chi connectivity index (χ0v) is 29.2. The number of hydrogen-bond acceptors (Lipinski definition) is 11. The SMILES string of the molecule is CC(=O)O[C@H]1O[C@@H]([C@H](OC(C)=O)C(C)(C)OC(C)=O)C[C@H]1[C@@H]1CC=C2[C@]3(C)[C@H](O)[C@H](O)[C@H]4C(C)(C)C(=O)C=C[C@]4(C)[C@H]3[C@H](O)C[C@]21C. The maximum atomic E-state index is 13.0. The molecule has 1 aliphatic heterocycles. The van der Waals surface area contributed by atoms with Gasteiger partial charge in [0.1, 0.15) is 11.7 Å². The van der Waals surface area contributed by atoms with Crippen molar-refractivity contribution in [3.63, 3.8) is 0 Å². The Hall–Kier alpha value is -2.60. The van der Waals surface area contributed by atoms with E-state index in [9.17, 15) is 34.5 Å². The fraction of sp³-hybridized carbons (Fsp3) is 0.778. The quantitative estimate of drug-likeness (QED) is 0.217. The summed E-state index contributed by atoms with van der Waals surface area (Å²) in [6, 6.07) is 0. The molecule has 11 heteroatoms. The molecule has 1 saturated heterocycles. The van der Waals surface area contributed by atoms with E-state index in [-0.39, 0.29) is 11.7 Å². The summed E-state index contributed by atoms with van der Waals surface area (Å²) in [4.78, 5) is 49.5. The van der Waals surface area contributed by atoms with Crippen LogP contribution < -0.4 is 0 Å². The highest BCUT2D eigenvalue weighted by Gasteiger charge is 2.73. The van der Waals surface area contributed by atoms with E-state index in [4.69, 9.17) is 18.9 Å². The molecule has 0 spiro atoms. The van der Waals surface area contributed by atoms with Crippen LogP contribution in [0.15, 0.2) is 23.8 Å². The van der Waals surface area contributed by atoms with E-state index in [1.54, 1.807) is 33.8 Å². The predicted octanol–water partition coefficient (Wildman–Crippen LogP) is 3.42. The Balaban J connectivity index is 1.54. The van der Waals surface area contributed by atoms with Gasteiger partial charge < -0.3 is 34.3 Å². The average molecular weight is 661 g/mol. The second kappa shape index (κ2) is 11.5. The molecule has 47 heavy (non-hydrogen) atoms. The smallest absolute Gasteiger partial charge is 0.304 e. The van der Waals surface area contributed by atoms with Crippen molar-refractivity contribution in [3.8, 4) is 0 Å². The van der Waals surface area contributed by atoms with Crippen LogP contribution in [0.25, 0.3) is 0 Å². The number of aliphatic hydroxyl groups is 3. The molecule has 0 unspecified atom stereocenters. The highest BCUT2D eigenvalue weighted by atomic mass is 16.7. The van der Waals surface area contributed by atoms with Crippen LogP contribution in [0, 0.1) is 45.3 Å². The lowest BCUT2D eigenvalue weighted by molar-refractivity contribution is -0.242. The first-order valence-electron chi connectivity index (χ1n) is 16.7. The Morgan fingerprint density at radius 3 is 2.19 bits per heavy atom. The van der Waals surface area contributed by atoms with E-state index >= 15 is 0 Å². The lowest BCUT2D eigenvalue weighted by atomic mass is 9.37. The van der Waals surface area contributed by atoms with Gasteiger partial charge >= 0.3 is 17.9 Å². The van der Waals surface area contributed by atoms with Gasteiger partial charge in [-0.05, 0) is 55.9 Å². The van der Waals surface area contributed by atoms with Crippen molar-refractivity contribution in [2.75, 3.05) is 0 Å². The van der Waals surface area contributed by atoms with Crippen LogP contribution in [0.2, 0.25) is 0 Å². The molecule has 1 heterocycles. The van der Waals surface area contributed by atoms with Gasteiger partial charge in [-0.1, -0.05) is 52.3 Å². The first-order chi connectivity index (χ1) is 21.5. The van der Waals surface area contributed by atoms with E-state index in [0.29, 0.717) is 19.3 Å². The van der Waals surface area contributed by atoms with Gasteiger partial charge in [-0.3, -0.25) is 19.2 Å². The highest BCUT2D eigenvalue weighted by molar-refractivity contribution is 5.96. The number of carbonyl (C=O) groups excluding carboxylic acids is 4. The van der Waals surface area contributed by atoms with Gasteiger partial charge in [0.05, 0.1) is 18.3 Å². The number of hydrogen-bond donors (Lipinski definition) is 3. The lowest BCUT2D eigenvalue weighted by Gasteiger charge is -2.68.